The van der Waals surface area contributed by atoms with Gasteiger partial charge in [0.25, 0.3) is 0 Å². The van der Waals surface area contributed by atoms with E-state index in [1.165, 1.54) is 0 Å². The van der Waals surface area contributed by atoms with Gasteiger partial charge in [0.05, 0.1) is 7.11 Å². The summed E-state index contributed by atoms with van der Waals surface area (Å²) in [6.45, 7) is 2.79. The Morgan fingerprint density at radius 1 is 1.52 bits per heavy atom. The zero-order chi connectivity index (χ0) is 15.3. The van der Waals surface area contributed by atoms with Gasteiger partial charge in [0.1, 0.15) is 11.3 Å². The second-order valence-electron chi connectivity index (χ2n) is 5.45. The largest absolute Gasteiger partial charge is 0.497 e. The molecule has 0 spiro atoms. The lowest BCUT2D eigenvalue weighted by atomic mass is 9.95. The van der Waals surface area contributed by atoms with Crippen LogP contribution in [0.1, 0.15) is 26.2 Å². The van der Waals surface area contributed by atoms with E-state index in [1.807, 2.05) is 24.3 Å². The van der Waals surface area contributed by atoms with E-state index in [0.29, 0.717) is 5.75 Å². The molecule has 1 fully saturated rings. The van der Waals surface area contributed by atoms with Crippen LogP contribution in [0.3, 0.4) is 0 Å². The lowest BCUT2D eigenvalue weighted by molar-refractivity contribution is -0.144. The van der Waals surface area contributed by atoms with Gasteiger partial charge >= 0.3 is 5.97 Å². The summed E-state index contributed by atoms with van der Waals surface area (Å²) in [5.41, 5.74) is -0.802. The fourth-order valence-corrected chi connectivity index (χ4v) is 3.67. The summed E-state index contributed by atoms with van der Waals surface area (Å²) in [5, 5.41) is 13.0. The quantitative estimate of drug-likeness (QED) is 0.687. The molecule has 1 aromatic carbocycles. The van der Waals surface area contributed by atoms with Crippen molar-refractivity contribution in [2.45, 2.75) is 36.6 Å². The van der Waals surface area contributed by atoms with Gasteiger partial charge < -0.3 is 15.2 Å². The molecule has 2 rings (SSSR count). The maximum absolute atomic E-state index is 11.9. The number of hydrogen-bond donors (Lipinski definition) is 2. The van der Waals surface area contributed by atoms with Crippen molar-refractivity contribution in [3.05, 3.63) is 24.3 Å². The number of nitrogens with one attached hydrogen (secondary N) is 1. The molecular formula is C16H23NO3S. The zero-order valence-electron chi connectivity index (χ0n) is 12.6. The molecule has 0 aromatic heterocycles. The van der Waals surface area contributed by atoms with Crippen LogP contribution in [0.25, 0.3) is 0 Å². The number of rotatable bonds is 9. The average molecular weight is 309 g/mol. The van der Waals surface area contributed by atoms with Crippen molar-refractivity contribution < 1.29 is 14.6 Å². The number of aliphatic carboxylic acids is 1. The lowest BCUT2D eigenvalue weighted by Gasteiger charge is -2.30. The van der Waals surface area contributed by atoms with Gasteiger partial charge in [-0.15, -0.1) is 11.8 Å². The van der Waals surface area contributed by atoms with Gasteiger partial charge in [-0.05, 0) is 49.9 Å². The molecule has 0 amide bonds. The minimum Gasteiger partial charge on any atom is -0.497 e. The highest BCUT2D eigenvalue weighted by atomic mass is 32.2. The number of methoxy groups -OCH3 is 1. The first kappa shape index (κ1) is 16.2. The summed E-state index contributed by atoms with van der Waals surface area (Å²) in [5.74, 6) is 0.863. The Kier molecular flexibility index (Phi) is 5.53. The van der Waals surface area contributed by atoms with Gasteiger partial charge in [-0.25, -0.2) is 0 Å². The van der Waals surface area contributed by atoms with Crippen molar-refractivity contribution in [2.24, 2.45) is 5.92 Å². The fraction of sp³-hybridized carbons (Fsp3) is 0.562. The summed E-state index contributed by atoms with van der Waals surface area (Å²) in [6, 6.07) is 7.77. The van der Waals surface area contributed by atoms with Gasteiger partial charge in [-0.3, -0.25) is 4.79 Å². The van der Waals surface area contributed by atoms with Crippen LogP contribution in [-0.4, -0.2) is 36.0 Å². The molecule has 2 N–H and O–H groups in total. The molecule has 1 unspecified atom stereocenters. The second kappa shape index (κ2) is 7.18. The van der Waals surface area contributed by atoms with Crippen molar-refractivity contribution in [1.82, 2.24) is 5.32 Å². The van der Waals surface area contributed by atoms with Gasteiger partial charge in [0, 0.05) is 10.6 Å². The molecule has 0 heterocycles. The third kappa shape index (κ3) is 3.92. The minimum atomic E-state index is -0.802. The fourth-order valence-electron chi connectivity index (χ4n) is 2.44. The van der Waals surface area contributed by atoms with Crippen molar-refractivity contribution in [1.29, 1.82) is 0 Å². The van der Waals surface area contributed by atoms with E-state index in [-0.39, 0.29) is 5.92 Å². The van der Waals surface area contributed by atoms with Crippen LogP contribution in [-0.2, 0) is 4.79 Å². The van der Waals surface area contributed by atoms with Crippen LogP contribution in [0, 0.1) is 5.92 Å². The Bertz CT molecular complexity index is 490. The molecule has 1 aromatic rings. The predicted octanol–water partition coefficient (Wildman–Crippen LogP) is 3.02. The summed E-state index contributed by atoms with van der Waals surface area (Å²) >= 11 is 1.58. The molecule has 1 saturated carbocycles. The highest BCUT2D eigenvalue weighted by Crippen LogP contribution is 2.42. The lowest BCUT2D eigenvalue weighted by Crippen LogP contribution is -2.56. The van der Waals surface area contributed by atoms with E-state index in [1.54, 1.807) is 18.9 Å². The smallest absolute Gasteiger partial charge is 0.325 e. The maximum atomic E-state index is 11.9. The van der Waals surface area contributed by atoms with E-state index in [0.717, 1.165) is 36.5 Å². The molecule has 1 aliphatic carbocycles. The van der Waals surface area contributed by atoms with E-state index < -0.39 is 11.5 Å². The minimum absolute atomic E-state index is 0.250. The molecular weight excluding hydrogens is 286 g/mol. The third-order valence-corrected chi connectivity index (χ3v) is 5.04. The van der Waals surface area contributed by atoms with Crippen molar-refractivity contribution in [3.8, 4) is 5.75 Å². The number of carboxylic acids is 1. The van der Waals surface area contributed by atoms with E-state index in [9.17, 15) is 9.90 Å². The highest BCUT2D eigenvalue weighted by Gasteiger charge is 2.50. The first-order valence-corrected chi connectivity index (χ1v) is 8.36. The van der Waals surface area contributed by atoms with Crippen molar-refractivity contribution in [3.63, 3.8) is 0 Å². The Hall–Kier alpha value is -1.20. The number of thioether (sulfide) groups is 1. The number of carbonyl (C=O) groups is 1. The summed E-state index contributed by atoms with van der Waals surface area (Å²) in [7, 11) is 1.64. The van der Waals surface area contributed by atoms with Crippen LogP contribution in [0.2, 0.25) is 0 Å². The molecule has 21 heavy (non-hydrogen) atoms. The van der Waals surface area contributed by atoms with Gasteiger partial charge in [0.15, 0.2) is 0 Å². The molecule has 0 radical (unpaired) electrons. The highest BCUT2D eigenvalue weighted by molar-refractivity contribution is 7.99. The third-order valence-electron chi connectivity index (χ3n) is 3.85. The summed E-state index contributed by atoms with van der Waals surface area (Å²) < 4.78 is 5.21. The Morgan fingerprint density at radius 3 is 2.86 bits per heavy atom. The monoisotopic (exact) mass is 309 g/mol. The molecule has 4 nitrogen and oxygen atoms in total. The standard InChI is InChI=1S/C16H23NO3S/c1-3-9-17-16(15(18)19,12-7-8-12)11-21-14-6-4-5-13(10-14)20-2/h4-6,10,12,17H,3,7-9,11H2,1-2H3,(H,18,19). The van der Waals surface area contributed by atoms with E-state index >= 15 is 0 Å². The molecule has 116 valence electrons. The summed E-state index contributed by atoms with van der Waals surface area (Å²) in [4.78, 5) is 12.9. The Labute approximate surface area is 130 Å². The number of hydrogen-bond acceptors (Lipinski definition) is 4. The van der Waals surface area contributed by atoms with Gasteiger partial charge in [0.2, 0.25) is 0 Å². The van der Waals surface area contributed by atoms with Crippen LogP contribution < -0.4 is 10.1 Å². The second-order valence-corrected chi connectivity index (χ2v) is 6.49. The maximum Gasteiger partial charge on any atom is 0.325 e. The van der Waals surface area contributed by atoms with Gasteiger partial charge in [-0.2, -0.15) is 0 Å². The normalized spacial score (nSPS) is 17.2. The van der Waals surface area contributed by atoms with Crippen LogP contribution in [0.5, 0.6) is 5.75 Å². The zero-order valence-corrected chi connectivity index (χ0v) is 13.4. The van der Waals surface area contributed by atoms with E-state index in [4.69, 9.17) is 4.74 Å². The van der Waals surface area contributed by atoms with E-state index in [2.05, 4.69) is 12.2 Å². The molecule has 0 saturated heterocycles. The first-order valence-electron chi connectivity index (χ1n) is 7.37. The Morgan fingerprint density at radius 2 is 2.29 bits per heavy atom. The van der Waals surface area contributed by atoms with Crippen LogP contribution >= 0.6 is 11.8 Å². The van der Waals surface area contributed by atoms with Crippen molar-refractivity contribution in [2.75, 3.05) is 19.4 Å². The topological polar surface area (TPSA) is 58.6 Å². The first-order chi connectivity index (χ1) is 10.1. The van der Waals surface area contributed by atoms with Crippen LogP contribution in [0.15, 0.2) is 29.2 Å². The number of ether oxygens (including phenoxy) is 1. The molecule has 0 bridgehead atoms. The molecule has 1 atom stereocenters. The number of carboxylic acid groups (broad SMARTS) is 1. The molecule has 5 heteroatoms. The molecule has 1 aliphatic rings. The van der Waals surface area contributed by atoms with Gasteiger partial charge in [-0.1, -0.05) is 13.0 Å². The molecule has 0 aliphatic heterocycles. The predicted molar refractivity (Wildman–Crippen MR) is 85.1 cm³/mol. The van der Waals surface area contributed by atoms with Crippen LogP contribution in [0.4, 0.5) is 0 Å². The Balaban J connectivity index is 2.09. The van der Waals surface area contributed by atoms with Crippen molar-refractivity contribution >= 4 is 17.7 Å². The summed E-state index contributed by atoms with van der Waals surface area (Å²) in [6.07, 6.45) is 2.94. The number of benzene rings is 1. The SMILES string of the molecule is CCCNC(CSc1cccc(OC)c1)(C(=O)O)C1CC1. The average Bonchev–Trinajstić information content (AvgIpc) is 3.32.